The van der Waals surface area contributed by atoms with Crippen LogP contribution in [0, 0.1) is 0 Å². The van der Waals surface area contributed by atoms with E-state index in [-0.39, 0.29) is 12.6 Å². The molecule has 0 radical (unpaired) electrons. The molecule has 1 aliphatic carbocycles. The van der Waals surface area contributed by atoms with Gasteiger partial charge < -0.3 is 10.5 Å². The average molecular weight is 288 g/mol. The summed E-state index contributed by atoms with van der Waals surface area (Å²) in [5, 5.41) is 0. The van der Waals surface area contributed by atoms with Gasteiger partial charge >= 0.3 is 6.18 Å². The number of nitrogens with two attached hydrogens (primary N) is 1. The molecule has 1 aromatic carbocycles. The predicted molar refractivity (Wildman–Crippen MR) is 70.5 cm³/mol. The molecule has 0 aliphatic heterocycles. The number of benzene rings is 1. The molecule has 0 atom stereocenters. The molecule has 1 aliphatic rings. The van der Waals surface area contributed by atoms with E-state index >= 15 is 0 Å². The molecule has 112 valence electrons. The summed E-state index contributed by atoms with van der Waals surface area (Å²) < 4.78 is 42.8. The Hall–Kier alpha value is -1.27. The molecule has 0 heterocycles. The predicted octanol–water partition coefficient (Wildman–Crippen LogP) is 2.55. The summed E-state index contributed by atoms with van der Waals surface area (Å²) in [5.74, 6) is 0.657. The quantitative estimate of drug-likeness (QED) is 0.838. The minimum atomic E-state index is -4.15. The van der Waals surface area contributed by atoms with Crippen molar-refractivity contribution >= 4 is 0 Å². The van der Waals surface area contributed by atoms with E-state index in [1.54, 1.807) is 12.1 Å². The van der Waals surface area contributed by atoms with Gasteiger partial charge in [-0.1, -0.05) is 12.1 Å². The highest BCUT2D eigenvalue weighted by Crippen LogP contribution is 2.29. The molecule has 1 aromatic rings. The summed E-state index contributed by atoms with van der Waals surface area (Å²) in [5.41, 5.74) is 6.48. The molecule has 6 heteroatoms. The van der Waals surface area contributed by atoms with Crippen molar-refractivity contribution in [2.24, 2.45) is 5.73 Å². The van der Waals surface area contributed by atoms with E-state index in [2.05, 4.69) is 0 Å². The summed E-state index contributed by atoms with van der Waals surface area (Å²) in [6, 6.07) is 7.34. The minimum Gasteiger partial charge on any atom is -0.492 e. The van der Waals surface area contributed by atoms with Crippen molar-refractivity contribution in [3.63, 3.8) is 0 Å². The van der Waals surface area contributed by atoms with Crippen LogP contribution in [0.15, 0.2) is 24.3 Å². The van der Waals surface area contributed by atoms with Crippen LogP contribution in [0.25, 0.3) is 0 Å². The van der Waals surface area contributed by atoms with E-state index in [0.717, 1.165) is 18.4 Å². The van der Waals surface area contributed by atoms with Crippen LogP contribution < -0.4 is 10.5 Å². The molecule has 20 heavy (non-hydrogen) atoms. The fourth-order valence-corrected chi connectivity index (χ4v) is 2.06. The average Bonchev–Trinajstić information content (AvgIpc) is 3.21. The van der Waals surface area contributed by atoms with E-state index in [1.165, 1.54) is 4.90 Å². The first-order valence-corrected chi connectivity index (χ1v) is 6.70. The number of hydrogen-bond donors (Lipinski definition) is 1. The molecule has 0 spiro atoms. The van der Waals surface area contributed by atoms with Crippen molar-refractivity contribution in [1.29, 1.82) is 0 Å². The molecule has 0 unspecified atom stereocenters. The van der Waals surface area contributed by atoms with E-state index < -0.39 is 12.7 Å². The third-order valence-corrected chi connectivity index (χ3v) is 3.25. The first kappa shape index (κ1) is 15.1. The van der Waals surface area contributed by atoms with Crippen LogP contribution >= 0.6 is 0 Å². The van der Waals surface area contributed by atoms with Crippen LogP contribution in [-0.2, 0) is 6.54 Å². The summed E-state index contributed by atoms with van der Waals surface area (Å²) in [6.07, 6.45) is -2.45. The SMILES string of the molecule is NCc1ccc(OCCN(CC(F)(F)F)C2CC2)cc1. The molecular weight excluding hydrogens is 269 g/mol. The van der Waals surface area contributed by atoms with Gasteiger partial charge in [0.1, 0.15) is 12.4 Å². The summed E-state index contributed by atoms with van der Waals surface area (Å²) in [7, 11) is 0. The van der Waals surface area contributed by atoms with Gasteiger partial charge in [-0.2, -0.15) is 13.2 Å². The van der Waals surface area contributed by atoms with Crippen molar-refractivity contribution in [2.45, 2.75) is 31.6 Å². The van der Waals surface area contributed by atoms with E-state index in [0.29, 0.717) is 18.8 Å². The largest absolute Gasteiger partial charge is 0.492 e. The smallest absolute Gasteiger partial charge is 0.401 e. The van der Waals surface area contributed by atoms with Gasteiger partial charge in [0.05, 0.1) is 6.54 Å². The second-order valence-corrected chi connectivity index (χ2v) is 5.01. The van der Waals surface area contributed by atoms with E-state index in [4.69, 9.17) is 10.5 Å². The van der Waals surface area contributed by atoms with Gasteiger partial charge in [0.15, 0.2) is 0 Å². The monoisotopic (exact) mass is 288 g/mol. The van der Waals surface area contributed by atoms with Crippen LogP contribution in [0.2, 0.25) is 0 Å². The molecule has 0 bridgehead atoms. The Morgan fingerprint density at radius 2 is 1.85 bits per heavy atom. The lowest BCUT2D eigenvalue weighted by Gasteiger charge is -2.23. The highest BCUT2D eigenvalue weighted by molar-refractivity contribution is 5.27. The second kappa shape index (κ2) is 6.45. The zero-order valence-corrected chi connectivity index (χ0v) is 11.2. The molecule has 0 saturated heterocycles. The third kappa shape index (κ3) is 5.02. The fourth-order valence-electron chi connectivity index (χ4n) is 2.06. The number of nitrogens with zero attached hydrogens (tertiary/aromatic N) is 1. The highest BCUT2D eigenvalue weighted by atomic mass is 19.4. The molecule has 0 aromatic heterocycles. The molecular formula is C14H19F3N2O. The first-order chi connectivity index (χ1) is 9.48. The summed E-state index contributed by atoms with van der Waals surface area (Å²) in [6.45, 7) is 0.159. The summed E-state index contributed by atoms with van der Waals surface area (Å²) in [4.78, 5) is 1.45. The molecule has 3 nitrogen and oxygen atoms in total. The lowest BCUT2D eigenvalue weighted by molar-refractivity contribution is -0.147. The lowest BCUT2D eigenvalue weighted by atomic mass is 10.2. The van der Waals surface area contributed by atoms with Crippen molar-refractivity contribution in [3.05, 3.63) is 29.8 Å². The Labute approximate surface area is 116 Å². The van der Waals surface area contributed by atoms with E-state index in [1.807, 2.05) is 12.1 Å². The molecule has 2 rings (SSSR count). The Bertz CT molecular complexity index is 415. The van der Waals surface area contributed by atoms with Gasteiger partial charge in [-0.05, 0) is 30.5 Å². The van der Waals surface area contributed by atoms with Gasteiger partial charge in [0.2, 0.25) is 0 Å². The Morgan fingerprint density at radius 1 is 1.20 bits per heavy atom. The van der Waals surface area contributed by atoms with Gasteiger partial charge in [0.25, 0.3) is 0 Å². The maximum atomic E-state index is 12.4. The first-order valence-electron chi connectivity index (χ1n) is 6.70. The molecule has 0 amide bonds. The van der Waals surface area contributed by atoms with Crippen molar-refractivity contribution in [3.8, 4) is 5.75 Å². The molecule has 2 N–H and O–H groups in total. The number of alkyl halides is 3. The van der Waals surface area contributed by atoms with Crippen LogP contribution in [0.3, 0.4) is 0 Å². The third-order valence-electron chi connectivity index (χ3n) is 3.25. The fraction of sp³-hybridized carbons (Fsp3) is 0.571. The Morgan fingerprint density at radius 3 is 2.35 bits per heavy atom. The van der Waals surface area contributed by atoms with Crippen LogP contribution in [-0.4, -0.2) is 36.8 Å². The normalized spacial score (nSPS) is 15.7. The Balaban J connectivity index is 1.77. The number of ether oxygens (including phenoxy) is 1. The minimum absolute atomic E-state index is 0.0693. The van der Waals surface area contributed by atoms with Crippen LogP contribution in [0.1, 0.15) is 18.4 Å². The molecule has 1 fully saturated rings. The summed E-state index contributed by atoms with van der Waals surface area (Å²) >= 11 is 0. The van der Waals surface area contributed by atoms with Crippen LogP contribution in [0.5, 0.6) is 5.75 Å². The number of halogens is 3. The van der Waals surface area contributed by atoms with Crippen molar-refractivity contribution in [1.82, 2.24) is 4.90 Å². The number of rotatable bonds is 7. The Kier molecular flexibility index (Phi) is 4.88. The highest BCUT2D eigenvalue weighted by Gasteiger charge is 2.37. The number of hydrogen-bond acceptors (Lipinski definition) is 3. The van der Waals surface area contributed by atoms with E-state index in [9.17, 15) is 13.2 Å². The maximum Gasteiger partial charge on any atom is 0.401 e. The van der Waals surface area contributed by atoms with Crippen molar-refractivity contribution in [2.75, 3.05) is 19.7 Å². The van der Waals surface area contributed by atoms with Gasteiger partial charge in [-0.25, -0.2) is 0 Å². The zero-order valence-electron chi connectivity index (χ0n) is 11.2. The van der Waals surface area contributed by atoms with Gasteiger partial charge in [0, 0.05) is 19.1 Å². The van der Waals surface area contributed by atoms with Gasteiger partial charge in [-0.15, -0.1) is 0 Å². The van der Waals surface area contributed by atoms with Gasteiger partial charge in [-0.3, -0.25) is 4.90 Å². The topological polar surface area (TPSA) is 38.5 Å². The van der Waals surface area contributed by atoms with Crippen LogP contribution in [0.4, 0.5) is 13.2 Å². The lowest BCUT2D eigenvalue weighted by Crippen LogP contribution is -2.38. The molecule has 1 saturated carbocycles. The maximum absolute atomic E-state index is 12.4. The van der Waals surface area contributed by atoms with Crippen molar-refractivity contribution < 1.29 is 17.9 Å². The second-order valence-electron chi connectivity index (χ2n) is 5.01. The zero-order chi connectivity index (χ0) is 14.6. The standard InChI is InChI=1S/C14H19F3N2O/c15-14(16,17)10-19(12-3-4-12)7-8-20-13-5-1-11(9-18)2-6-13/h1-2,5-6,12H,3-4,7-10,18H2.